The zero-order valence-electron chi connectivity index (χ0n) is 9.48. The molecule has 1 heterocycles. The minimum atomic E-state index is -0.515. The van der Waals surface area contributed by atoms with Crippen molar-refractivity contribution in [1.29, 1.82) is 0 Å². The Balaban J connectivity index is 2.61. The fraction of sp³-hybridized carbons (Fsp3) is 0.167. The van der Waals surface area contributed by atoms with Crippen molar-refractivity contribution in [1.82, 2.24) is 9.55 Å². The SMILES string of the molecule is C=CCOCn1c(=O)[nH]c(=O)c2cc(Cl)ccc21. The first-order chi connectivity index (χ1) is 8.63. The first-order valence-corrected chi connectivity index (χ1v) is 5.62. The molecule has 2 aromatic rings. The maximum Gasteiger partial charge on any atom is 0.330 e. The van der Waals surface area contributed by atoms with Crippen LogP contribution < -0.4 is 11.2 Å². The third-order valence-corrected chi connectivity index (χ3v) is 2.65. The van der Waals surface area contributed by atoms with Crippen molar-refractivity contribution in [3.63, 3.8) is 0 Å². The lowest BCUT2D eigenvalue weighted by Gasteiger charge is -2.09. The van der Waals surface area contributed by atoms with E-state index >= 15 is 0 Å². The van der Waals surface area contributed by atoms with Crippen LogP contribution in [-0.2, 0) is 11.5 Å². The van der Waals surface area contributed by atoms with Gasteiger partial charge < -0.3 is 4.74 Å². The van der Waals surface area contributed by atoms with E-state index in [9.17, 15) is 9.59 Å². The van der Waals surface area contributed by atoms with Crippen molar-refractivity contribution < 1.29 is 4.74 Å². The molecule has 2 rings (SSSR count). The Bertz CT molecular complexity index is 703. The average molecular weight is 267 g/mol. The van der Waals surface area contributed by atoms with Gasteiger partial charge in [0.25, 0.3) is 5.56 Å². The molecule has 94 valence electrons. The van der Waals surface area contributed by atoms with Crippen molar-refractivity contribution in [3.8, 4) is 0 Å². The Morgan fingerprint density at radius 2 is 2.22 bits per heavy atom. The fourth-order valence-corrected chi connectivity index (χ4v) is 1.79. The number of hydrogen-bond acceptors (Lipinski definition) is 3. The van der Waals surface area contributed by atoms with Gasteiger partial charge in [-0.15, -0.1) is 6.58 Å². The van der Waals surface area contributed by atoms with Crippen LogP contribution in [0.1, 0.15) is 0 Å². The van der Waals surface area contributed by atoms with E-state index in [1.165, 1.54) is 10.6 Å². The van der Waals surface area contributed by atoms with Gasteiger partial charge in [-0.05, 0) is 18.2 Å². The third-order valence-electron chi connectivity index (χ3n) is 2.42. The van der Waals surface area contributed by atoms with Crippen LogP contribution in [0.15, 0.2) is 40.4 Å². The van der Waals surface area contributed by atoms with Crippen LogP contribution in [0.5, 0.6) is 0 Å². The summed E-state index contributed by atoms with van der Waals surface area (Å²) in [6.07, 6.45) is 1.58. The van der Waals surface area contributed by atoms with Crippen molar-refractivity contribution in [2.24, 2.45) is 0 Å². The lowest BCUT2D eigenvalue weighted by molar-refractivity contribution is 0.1000. The van der Waals surface area contributed by atoms with Gasteiger partial charge >= 0.3 is 5.69 Å². The van der Waals surface area contributed by atoms with Crippen LogP contribution in [0.2, 0.25) is 5.02 Å². The summed E-state index contributed by atoms with van der Waals surface area (Å²) in [5.41, 5.74) is -0.492. The molecule has 0 atom stereocenters. The Kier molecular flexibility index (Phi) is 3.64. The topological polar surface area (TPSA) is 64.1 Å². The zero-order valence-corrected chi connectivity index (χ0v) is 10.2. The van der Waals surface area contributed by atoms with Gasteiger partial charge in [0.1, 0.15) is 6.73 Å². The van der Waals surface area contributed by atoms with Crippen LogP contribution in [0.25, 0.3) is 10.9 Å². The standard InChI is InChI=1S/C12H11ClN2O3/c1-2-5-18-7-15-10-4-3-8(13)6-9(10)11(16)14-12(15)17/h2-4,6H,1,5,7H2,(H,14,16,17). The van der Waals surface area contributed by atoms with Crippen molar-refractivity contribution in [2.75, 3.05) is 6.61 Å². The van der Waals surface area contributed by atoms with E-state index in [1.54, 1.807) is 18.2 Å². The van der Waals surface area contributed by atoms with E-state index in [1.807, 2.05) is 0 Å². The quantitative estimate of drug-likeness (QED) is 0.674. The number of aromatic amines is 1. The Morgan fingerprint density at radius 1 is 1.44 bits per heavy atom. The number of fused-ring (bicyclic) bond motifs is 1. The average Bonchev–Trinajstić information content (AvgIpc) is 2.34. The van der Waals surface area contributed by atoms with E-state index in [2.05, 4.69) is 11.6 Å². The van der Waals surface area contributed by atoms with E-state index in [-0.39, 0.29) is 6.73 Å². The molecule has 1 N–H and O–H groups in total. The van der Waals surface area contributed by atoms with Gasteiger partial charge in [0.05, 0.1) is 17.5 Å². The first kappa shape index (κ1) is 12.6. The normalized spacial score (nSPS) is 10.7. The molecule has 0 saturated carbocycles. The number of benzene rings is 1. The van der Waals surface area contributed by atoms with E-state index in [0.717, 1.165) is 0 Å². The highest BCUT2D eigenvalue weighted by molar-refractivity contribution is 6.31. The van der Waals surface area contributed by atoms with Gasteiger partial charge in [-0.3, -0.25) is 14.3 Å². The molecule has 0 aliphatic heterocycles. The summed E-state index contributed by atoms with van der Waals surface area (Å²) in [5.74, 6) is 0. The Morgan fingerprint density at radius 3 is 2.94 bits per heavy atom. The molecule has 0 radical (unpaired) electrons. The number of hydrogen-bond donors (Lipinski definition) is 1. The Hall–Kier alpha value is -1.85. The molecule has 0 aliphatic carbocycles. The highest BCUT2D eigenvalue weighted by Crippen LogP contribution is 2.14. The molecule has 1 aromatic carbocycles. The van der Waals surface area contributed by atoms with E-state index in [4.69, 9.17) is 16.3 Å². The van der Waals surface area contributed by atoms with Crippen molar-refractivity contribution in [3.05, 3.63) is 56.7 Å². The van der Waals surface area contributed by atoms with Gasteiger partial charge in [-0.25, -0.2) is 4.79 Å². The minimum absolute atomic E-state index is 0.0414. The van der Waals surface area contributed by atoms with Crippen LogP contribution in [0.4, 0.5) is 0 Å². The maximum atomic E-state index is 11.7. The second-order valence-electron chi connectivity index (χ2n) is 3.64. The number of nitrogens with one attached hydrogen (secondary N) is 1. The molecule has 18 heavy (non-hydrogen) atoms. The van der Waals surface area contributed by atoms with Gasteiger partial charge in [0, 0.05) is 5.02 Å². The Labute approximate surface area is 107 Å². The third kappa shape index (κ3) is 2.37. The lowest BCUT2D eigenvalue weighted by atomic mass is 10.2. The zero-order chi connectivity index (χ0) is 13.1. The smallest absolute Gasteiger partial charge is 0.330 e. The summed E-state index contributed by atoms with van der Waals surface area (Å²) >= 11 is 5.82. The summed E-state index contributed by atoms with van der Waals surface area (Å²) in [6.45, 7) is 3.88. The van der Waals surface area contributed by atoms with Gasteiger partial charge in [-0.1, -0.05) is 17.7 Å². The molecule has 0 spiro atoms. The fourth-order valence-electron chi connectivity index (χ4n) is 1.62. The molecular weight excluding hydrogens is 256 g/mol. The molecular formula is C12H11ClN2O3. The predicted molar refractivity (Wildman–Crippen MR) is 70.0 cm³/mol. The van der Waals surface area contributed by atoms with Crippen LogP contribution >= 0.6 is 11.6 Å². The monoisotopic (exact) mass is 266 g/mol. The van der Waals surface area contributed by atoms with Gasteiger partial charge in [-0.2, -0.15) is 0 Å². The first-order valence-electron chi connectivity index (χ1n) is 5.24. The molecule has 0 fully saturated rings. The summed E-state index contributed by atoms with van der Waals surface area (Å²) in [4.78, 5) is 25.6. The van der Waals surface area contributed by atoms with Crippen LogP contribution in [0.3, 0.4) is 0 Å². The molecule has 6 heteroatoms. The molecule has 0 aliphatic rings. The minimum Gasteiger partial charge on any atom is -0.357 e. The number of halogens is 1. The predicted octanol–water partition coefficient (Wildman–Crippen LogP) is 1.50. The van der Waals surface area contributed by atoms with Crippen LogP contribution in [0, 0.1) is 0 Å². The second-order valence-corrected chi connectivity index (χ2v) is 4.07. The van der Waals surface area contributed by atoms with Crippen LogP contribution in [-0.4, -0.2) is 16.2 Å². The summed E-state index contributed by atoms with van der Waals surface area (Å²) < 4.78 is 6.55. The molecule has 0 saturated heterocycles. The van der Waals surface area contributed by atoms with Gasteiger partial charge in [0.15, 0.2) is 0 Å². The van der Waals surface area contributed by atoms with Crippen molar-refractivity contribution >= 4 is 22.5 Å². The number of rotatable bonds is 4. The molecule has 0 bridgehead atoms. The maximum absolute atomic E-state index is 11.7. The highest BCUT2D eigenvalue weighted by atomic mass is 35.5. The van der Waals surface area contributed by atoms with E-state index in [0.29, 0.717) is 22.5 Å². The number of ether oxygens (including phenoxy) is 1. The molecule has 0 amide bonds. The summed E-state index contributed by atoms with van der Waals surface area (Å²) in [6, 6.07) is 4.75. The molecule has 1 aromatic heterocycles. The lowest BCUT2D eigenvalue weighted by Crippen LogP contribution is -2.31. The number of aromatic nitrogens is 2. The number of nitrogens with zero attached hydrogens (tertiary/aromatic N) is 1. The highest BCUT2D eigenvalue weighted by Gasteiger charge is 2.07. The van der Waals surface area contributed by atoms with Crippen molar-refractivity contribution in [2.45, 2.75) is 6.73 Å². The molecule has 5 nitrogen and oxygen atoms in total. The summed E-state index contributed by atoms with van der Waals surface area (Å²) in [5, 5.41) is 0.787. The van der Waals surface area contributed by atoms with Gasteiger partial charge in [0.2, 0.25) is 0 Å². The largest absolute Gasteiger partial charge is 0.357 e. The summed E-state index contributed by atoms with van der Waals surface area (Å²) in [7, 11) is 0. The number of H-pyrrole nitrogens is 1. The van der Waals surface area contributed by atoms with E-state index < -0.39 is 11.2 Å². The second kappa shape index (κ2) is 5.20. The molecule has 0 unspecified atom stereocenters.